The van der Waals surface area contributed by atoms with Crippen molar-refractivity contribution in [2.45, 2.75) is 26.4 Å². The van der Waals surface area contributed by atoms with E-state index in [4.69, 9.17) is 14.3 Å². The summed E-state index contributed by atoms with van der Waals surface area (Å²) in [6, 6.07) is 2.86. The van der Waals surface area contributed by atoms with Crippen molar-refractivity contribution in [2.75, 3.05) is 18.4 Å². The van der Waals surface area contributed by atoms with Crippen LogP contribution >= 0.6 is 0 Å². The molecule has 19 heavy (non-hydrogen) atoms. The highest BCUT2D eigenvalue weighted by atomic mass is 16.6. The minimum Gasteiger partial charge on any atom is -0.475 e. The van der Waals surface area contributed by atoms with Gasteiger partial charge in [-0.15, -0.1) is 0 Å². The summed E-state index contributed by atoms with van der Waals surface area (Å²) in [6.07, 6.45) is -0.500. The van der Waals surface area contributed by atoms with Gasteiger partial charge in [-0.1, -0.05) is 0 Å². The van der Waals surface area contributed by atoms with E-state index in [1.807, 2.05) is 0 Å². The van der Waals surface area contributed by atoms with E-state index in [0.717, 1.165) is 0 Å². The summed E-state index contributed by atoms with van der Waals surface area (Å²) >= 11 is 0. The van der Waals surface area contributed by atoms with Crippen LogP contribution in [0.25, 0.3) is 0 Å². The van der Waals surface area contributed by atoms with Gasteiger partial charge in [0.25, 0.3) is 0 Å². The van der Waals surface area contributed by atoms with Crippen LogP contribution in [0.1, 0.15) is 31.3 Å². The van der Waals surface area contributed by atoms with Crippen LogP contribution in [0.3, 0.4) is 0 Å². The largest absolute Gasteiger partial charge is 0.475 e. The molecular weight excluding hydrogens is 252 g/mol. The van der Waals surface area contributed by atoms with Crippen molar-refractivity contribution in [1.82, 2.24) is 5.32 Å². The normalized spacial score (nSPS) is 10.9. The second-order valence-electron chi connectivity index (χ2n) is 4.82. The lowest BCUT2D eigenvalue weighted by Crippen LogP contribution is -2.34. The van der Waals surface area contributed by atoms with E-state index in [1.54, 1.807) is 20.8 Å². The molecule has 1 rings (SSSR count). The SMILES string of the molecule is CC(C)(C)OC(=O)NCCNc1ccc(C(=O)O)o1. The fourth-order valence-corrected chi connectivity index (χ4v) is 1.21. The molecule has 0 spiro atoms. The maximum Gasteiger partial charge on any atom is 0.407 e. The number of furan rings is 1. The van der Waals surface area contributed by atoms with Crippen molar-refractivity contribution in [1.29, 1.82) is 0 Å². The monoisotopic (exact) mass is 270 g/mol. The van der Waals surface area contributed by atoms with E-state index >= 15 is 0 Å². The Morgan fingerprint density at radius 3 is 2.53 bits per heavy atom. The molecule has 7 nitrogen and oxygen atoms in total. The summed E-state index contributed by atoms with van der Waals surface area (Å²) in [7, 11) is 0. The van der Waals surface area contributed by atoms with Gasteiger partial charge in [0, 0.05) is 19.2 Å². The molecule has 0 unspecified atom stereocenters. The van der Waals surface area contributed by atoms with E-state index < -0.39 is 17.7 Å². The van der Waals surface area contributed by atoms with Crippen molar-refractivity contribution in [3.63, 3.8) is 0 Å². The Balaban J connectivity index is 2.23. The summed E-state index contributed by atoms with van der Waals surface area (Å²) in [4.78, 5) is 21.9. The Bertz CT molecular complexity index is 447. The van der Waals surface area contributed by atoms with Crippen LogP contribution < -0.4 is 10.6 Å². The van der Waals surface area contributed by atoms with Crippen LogP contribution in [-0.2, 0) is 4.74 Å². The van der Waals surface area contributed by atoms with E-state index in [2.05, 4.69) is 10.6 Å². The van der Waals surface area contributed by atoms with Gasteiger partial charge in [-0.05, 0) is 26.8 Å². The first kappa shape index (κ1) is 14.9. The van der Waals surface area contributed by atoms with Crippen molar-refractivity contribution >= 4 is 17.9 Å². The van der Waals surface area contributed by atoms with Gasteiger partial charge in [-0.25, -0.2) is 9.59 Å². The van der Waals surface area contributed by atoms with Gasteiger partial charge in [-0.2, -0.15) is 0 Å². The summed E-state index contributed by atoms with van der Waals surface area (Å²) in [5, 5.41) is 14.1. The first-order chi connectivity index (χ1) is 8.78. The van der Waals surface area contributed by atoms with Crippen LogP contribution in [0.5, 0.6) is 0 Å². The molecule has 0 aliphatic rings. The quantitative estimate of drug-likeness (QED) is 0.706. The maximum absolute atomic E-state index is 11.3. The van der Waals surface area contributed by atoms with Gasteiger partial charge in [0.2, 0.25) is 5.76 Å². The fraction of sp³-hybridized carbons (Fsp3) is 0.500. The summed E-state index contributed by atoms with van der Waals surface area (Å²) in [5.41, 5.74) is -0.533. The summed E-state index contributed by atoms with van der Waals surface area (Å²) in [6.45, 7) is 6.06. The Morgan fingerprint density at radius 2 is 2.00 bits per heavy atom. The van der Waals surface area contributed by atoms with Gasteiger partial charge in [0.05, 0.1) is 0 Å². The Hall–Kier alpha value is -2.18. The molecule has 0 saturated carbocycles. The molecule has 0 radical (unpaired) electrons. The van der Waals surface area contributed by atoms with Gasteiger partial charge < -0.3 is 24.9 Å². The number of alkyl carbamates (subject to hydrolysis) is 1. The molecule has 3 N–H and O–H groups in total. The second kappa shape index (κ2) is 6.12. The Labute approximate surface area is 110 Å². The minimum atomic E-state index is -1.13. The van der Waals surface area contributed by atoms with Crippen molar-refractivity contribution in [2.24, 2.45) is 0 Å². The number of hydrogen-bond acceptors (Lipinski definition) is 5. The average Bonchev–Trinajstić information content (AvgIpc) is 2.70. The molecule has 1 aromatic heterocycles. The number of carboxylic acids is 1. The molecule has 1 aromatic rings. The highest BCUT2D eigenvalue weighted by molar-refractivity contribution is 5.84. The molecule has 106 valence electrons. The molecular formula is C12H18N2O5. The lowest BCUT2D eigenvalue weighted by atomic mass is 10.2. The molecule has 0 saturated heterocycles. The standard InChI is InChI=1S/C12H18N2O5/c1-12(2,3)19-11(17)14-7-6-13-9-5-4-8(18-9)10(15)16/h4-5,13H,6-7H2,1-3H3,(H,14,17)(H,15,16). The molecule has 1 heterocycles. The molecule has 7 heteroatoms. The molecule has 0 aliphatic heterocycles. The number of carbonyl (C=O) groups is 2. The predicted octanol–water partition coefficient (Wildman–Crippen LogP) is 1.91. The topological polar surface area (TPSA) is 101 Å². The van der Waals surface area contributed by atoms with Crippen LogP contribution in [0.4, 0.5) is 10.7 Å². The zero-order chi connectivity index (χ0) is 14.5. The summed E-state index contributed by atoms with van der Waals surface area (Å²) < 4.78 is 10.0. The van der Waals surface area contributed by atoms with Gasteiger partial charge >= 0.3 is 12.1 Å². The third-order valence-corrected chi connectivity index (χ3v) is 1.91. The van der Waals surface area contributed by atoms with Crippen LogP contribution in [-0.4, -0.2) is 35.9 Å². The molecule has 0 bridgehead atoms. The lowest BCUT2D eigenvalue weighted by Gasteiger charge is -2.19. The van der Waals surface area contributed by atoms with Crippen molar-refractivity contribution < 1.29 is 23.8 Å². The summed E-state index contributed by atoms with van der Waals surface area (Å²) in [5.74, 6) is -0.925. The first-order valence-corrected chi connectivity index (χ1v) is 5.82. The smallest absolute Gasteiger partial charge is 0.407 e. The number of ether oxygens (including phenoxy) is 1. The lowest BCUT2D eigenvalue weighted by molar-refractivity contribution is 0.0529. The number of carboxylic acid groups (broad SMARTS) is 1. The number of hydrogen-bond donors (Lipinski definition) is 3. The Morgan fingerprint density at radius 1 is 1.32 bits per heavy atom. The molecule has 0 aromatic carbocycles. The third-order valence-electron chi connectivity index (χ3n) is 1.91. The minimum absolute atomic E-state index is 0.136. The first-order valence-electron chi connectivity index (χ1n) is 5.82. The number of aromatic carboxylic acids is 1. The number of nitrogens with one attached hydrogen (secondary N) is 2. The van der Waals surface area contributed by atoms with Gasteiger partial charge in [0.1, 0.15) is 5.60 Å². The highest BCUT2D eigenvalue weighted by Gasteiger charge is 2.15. The van der Waals surface area contributed by atoms with E-state index in [-0.39, 0.29) is 5.76 Å². The maximum atomic E-state index is 11.3. The van der Waals surface area contributed by atoms with Crippen molar-refractivity contribution in [3.8, 4) is 0 Å². The van der Waals surface area contributed by atoms with Gasteiger partial charge in [0.15, 0.2) is 5.88 Å². The van der Waals surface area contributed by atoms with Crippen LogP contribution in [0.2, 0.25) is 0 Å². The van der Waals surface area contributed by atoms with Crippen LogP contribution in [0, 0.1) is 0 Å². The molecule has 0 atom stereocenters. The van der Waals surface area contributed by atoms with E-state index in [0.29, 0.717) is 19.0 Å². The highest BCUT2D eigenvalue weighted by Crippen LogP contribution is 2.12. The predicted molar refractivity (Wildman–Crippen MR) is 68.4 cm³/mol. The molecule has 0 fully saturated rings. The second-order valence-corrected chi connectivity index (χ2v) is 4.82. The fourth-order valence-electron chi connectivity index (χ4n) is 1.21. The number of amides is 1. The van der Waals surface area contributed by atoms with E-state index in [9.17, 15) is 9.59 Å². The molecule has 0 aliphatic carbocycles. The molecule has 1 amide bonds. The zero-order valence-corrected chi connectivity index (χ0v) is 11.1. The average molecular weight is 270 g/mol. The number of anilines is 1. The van der Waals surface area contributed by atoms with E-state index in [1.165, 1.54) is 12.1 Å². The number of carbonyl (C=O) groups excluding carboxylic acids is 1. The zero-order valence-electron chi connectivity index (χ0n) is 11.1. The van der Waals surface area contributed by atoms with Gasteiger partial charge in [-0.3, -0.25) is 0 Å². The van der Waals surface area contributed by atoms with Crippen molar-refractivity contribution in [3.05, 3.63) is 17.9 Å². The third kappa shape index (κ3) is 5.80. The number of rotatable bonds is 5. The Kier molecular flexibility index (Phi) is 4.80. The van der Waals surface area contributed by atoms with Crippen LogP contribution in [0.15, 0.2) is 16.5 Å².